The molecule has 2 aromatic heterocycles. The fourth-order valence-corrected chi connectivity index (χ4v) is 4.16. The summed E-state index contributed by atoms with van der Waals surface area (Å²) in [5.41, 5.74) is 1.97. The molecule has 1 amide bonds. The number of carbonyl (C=O) groups is 1. The third-order valence-corrected chi connectivity index (χ3v) is 5.68. The van der Waals surface area contributed by atoms with Crippen LogP contribution in [0.1, 0.15) is 45.5 Å². The smallest absolute Gasteiger partial charge is 0.267 e. The highest BCUT2D eigenvalue weighted by Crippen LogP contribution is 2.28. The third kappa shape index (κ3) is 3.39. The van der Waals surface area contributed by atoms with E-state index in [2.05, 4.69) is 43.4 Å². The maximum Gasteiger partial charge on any atom is 0.267 e. The fourth-order valence-electron chi connectivity index (χ4n) is 3.54. The minimum absolute atomic E-state index is 0.0448. The van der Waals surface area contributed by atoms with E-state index >= 15 is 0 Å². The van der Waals surface area contributed by atoms with Gasteiger partial charge in [-0.3, -0.25) is 4.79 Å². The van der Waals surface area contributed by atoms with Crippen LogP contribution in [0, 0.1) is 6.92 Å². The van der Waals surface area contributed by atoms with E-state index in [9.17, 15) is 4.79 Å². The molecule has 134 valence electrons. The second kappa shape index (κ2) is 7.37. The van der Waals surface area contributed by atoms with Crippen molar-refractivity contribution < 1.29 is 4.79 Å². The van der Waals surface area contributed by atoms with E-state index in [1.165, 1.54) is 17.1 Å². The lowest BCUT2D eigenvalue weighted by Gasteiger charge is -2.32. The van der Waals surface area contributed by atoms with E-state index in [4.69, 9.17) is 0 Å². The standard InChI is InChI=1S/C19H21N5OS/c1-14-17(26-22-21-14)19(25)24-10-5-8-16(13-24)18-20-9-11-23(18)12-15-6-3-2-4-7-15/h2-4,6-7,9,11,16H,5,8,10,12-13H2,1H3/t16-/m1/s1. The maximum atomic E-state index is 12.8. The van der Waals surface area contributed by atoms with Gasteiger partial charge in [-0.2, -0.15) is 0 Å². The quantitative estimate of drug-likeness (QED) is 0.711. The van der Waals surface area contributed by atoms with Gasteiger partial charge in [0.1, 0.15) is 10.7 Å². The highest BCUT2D eigenvalue weighted by molar-refractivity contribution is 7.07. The van der Waals surface area contributed by atoms with Crippen molar-refractivity contribution in [1.29, 1.82) is 0 Å². The Morgan fingerprint density at radius 2 is 2.15 bits per heavy atom. The lowest BCUT2D eigenvalue weighted by atomic mass is 9.96. The number of amides is 1. The van der Waals surface area contributed by atoms with Crippen LogP contribution in [0.3, 0.4) is 0 Å². The van der Waals surface area contributed by atoms with Gasteiger partial charge in [0.15, 0.2) is 0 Å². The van der Waals surface area contributed by atoms with E-state index in [0.717, 1.165) is 31.8 Å². The molecule has 7 heteroatoms. The first-order chi connectivity index (χ1) is 12.7. The fraction of sp³-hybridized carbons (Fsp3) is 0.368. The minimum Gasteiger partial charge on any atom is -0.337 e. The van der Waals surface area contributed by atoms with Crippen LogP contribution in [0.2, 0.25) is 0 Å². The summed E-state index contributed by atoms with van der Waals surface area (Å²) in [6, 6.07) is 10.4. The van der Waals surface area contributed by atoms with E-state index in [1.54, 1.807) is 0 Å². The average Bonchev–Trinajstić information content (AvgIpc) is 3.31. The van der Waals surface area contributed by atoms with E-state index in [1.807, 2.05) is 30.3 Å². The van der Waals surface area contributed by atoms with Gasteiger partial charge in [0.2, 0.25) is 0 Å². The molecule has 0 N–H and O–H groups in total. The Morgan fingerprint density at radius 3 is 2.92 bits per heavy atom. The van der Waals surface area contributed by atoms with Gasteiger partial charge < -0.3 is 9.47 Å². The van der Waals surface area contributed by atoms with Gasteiger partial charge in [0, 0.05) is 37.9 Å². The summed E-state index contributed by atoms with van der Waals surface area (Å²) in [5, 5.41) is 3.97. The summed E-state index contributed by atoms with van der Waals surface area (Å²) in [6.07, 6.45) is 5.92. The Labute approximate surface area is 156 Å². The molecule has 1 aromatic carbocycles. The zero-order chi connectivity index (χ0) is 17.9. The van der Waals surface area contributed by atoms with Crippen LogP contribution >= 0.6 is 11.5 Å². The van der Waals surface area contributed by atoms with Gasteiger partial charge in [-0.1, -0.05) is 34.8 Å². The van der Waals surface area contributed by atoms with Gasteiger partial charge in [-0.05, 0) is 36.9 Å². The van der Waals surface area contributed by atoms with Gasteiger partial charge in [0.05, 0.1) is 5.69 Å². The maximum absolute atomic E-state index is 12.8. The molecule has 26 heavy (non-hydrogen) atoms. The molecule has 1 saturated heterocycles. The predicted octanol–water partition coefficient (Wildman–Crippen LogP) is 3.11. The van der Waals surface area contributed by atoms with Crippen LogP contribution in [-0.2, 0) is 6.54 Å². The van der Waals surface area contributed by atoms with Crippen molar-refractivity contribution in [2.45, 2.75) is 32.2 Å². The largest absolute Gasteiger partial charge is 0.337 e. The van der Waals surface area contributed by atoms with Gasteiger partial charge in [-0.15, -0.1) is 5.10 Å². The molecule has 0 unspecified atom stereocenters. The van der Waals surface area contributed by atoms with E-state index < -0.39 is 0 Å². The van der Waals surface area contributed by atoms with Crippen LogP contribution in [0.5, 0.6) is 0 Å². The average molecular weight is 367 g/mol. The molecule has 1 aliphatic heterocycles. The minimum atomic E-state index is 0.0448. The van der Waals surface area contributed by atoms with Gasteiger partial charge in [0.25, 0.3) is 5.91 Å². The first-order valence-electron chi connectivity index (χ1n) is 8.85. The predicted molar refractivity (Wildman–Crippen MR) is 100 cm³/mol. The van der Waals surface area contributed by atoms with Crippen LogP contribution in [0.15, 0.2) is 42.7 Å². The van der Waals surface area contributed by atoms with Crippen molar-refractivity contribution in [1.82, 2.24) is 24.0 Å². The van der Waals surface area contributed by atoms with Crippen molar-refractivity contribution in [3.63, 3.8) is 0 Å². The Kier molecular flexibility index (Phi) is 4.79. The first-order valence-corrected chi connectivity index (χ1v) is 9.63. The monoisotopic (exact) mass is 367 g/mol. The number of hydrogen-bond acceptors (Lipinski definition) is 5. The van der Waals surface area contributed by atoms with Crippen molar-refractivity contribution in [2.24, 2.45) is 0 Å². The second-order valence-corrected chi connectivity index (χ2v) is 7.43. The zero-order valence-electron chi connectivity index (χ0n) is 14.7. The van der Waals surface area contributed by atoms with Crippen LogP contribution in [-0.4, -0.2) is 43.0 Å². The number of benzene rings is 1. The number of aromatic nitrogens is 4. The molecule has 1 atom stereocenters. The molecule has 4 rings (SSSR count). The summed E-state index contributed by atoms with van der Waals surface area (Å²) >= 11 is 1.18. The summed E-state index contributed by atoms with van der Waals surface area (Å²) in [7, 11) is 0. The highest BCUT2D eigenvalue weighted by Gasteiger charge is 2.29. The Balaban J connectivity index is 1.51. The number of likely N-dealkylation sites (tertiary alicyclic amines) is 1. The summed E-state index contributed by atoms with van der Waals surface area (Å²) in [6.45, 7) is 4.12. The van der Waals surface area contributed by atoms with Crippen molar-refractivity contribution in [2.75, 3.05) is 13.1 Å². The molecule has 6 nitrogen and oxygen atoms in total. The lowest BCUT2D eigenvalue weighted by Crippen LogP contribution is -2.39. The van der Waals surface area contributed by atoms with Gasteiger partial charge >= 0.3 is 0 Å². The molecule has 0 aliphatic carbocycles. The number of aryl methyl sites for hydroxylation is 1. The number of rotatable bonds is 4. The van der Waals surface area contributed by atoms with Crippen LogP contribution < -0.4 is 0 Å². The Bertz CT molecular complexity index is 888. The van der Waals surface area contributed by atoms with Crippen LogP contribution in [0.25, 0.3) is 0 Å². The molecule has 0 radical (unpaired) electrons. The molecule has 1 aliphatic rings. The summed E-state index contributed by atoms with van der Waals surface area (Å²) in [5.74, 6) is 1.36. The number of piperidine rings is 1. The topological polar surface area (TPSA) is 63.9 Å². The number of hydrogen-bond donors (Lipinski definition) is 0. The Morgan fingerprint density at radius 1 is 1.31 bits per heavy atom. The number of carbonyl (C=O) groups excluding carboxylic acids is 1. The summed E-state index contributed by atoms with van der Waals surface area (Å²) < 4.78 is 6.10. The molecular formula is C19H21N5OS. The summed E-state index contributed by atoms with van der Waals surface area (Å²) in [4.78, 5) is 20.0. The SMILES string of the molecule is Cc1nnsc1C(=O)N1CCC[C@@H](c2nccn2Cc2ccccc2)C1. The number of nitrogens with zero attached hydrogens (tertiary/aromatic N) is 5. The van der Waals surface area contributed by atoms with Gasteiger partial charge in [-0.25, -0.2) is 4.98 Å². The van der Waals surface area contributed by atoms with E-state index in [0.29, 0.717) is 17.1 Å². The lowest BCUT2D eigenvalue weighted by molar-refractivity contribution is 0.0707. The molecule has 3 aromatic rings. The molecule has 0 saturated carbocycles. The normalized spacial score (nSPS) is 17.4. The third-order valence-electron chi connectivity index (χ3n) is 4.86. The Hall–Kier alpha value is -2.54. The zero-order valence-corrected chi connectivity index (χ0v) is 15.5. The van der Waals surface area contributed by atoms with E-state index in [-0.39, 0.29) is 11.8 Å². The van der Waals surface area contributed by atoms with Crippen LogP contribution in [0.4, 0.5) is 0 Å². The number of imidazole rings is 1. The van der Waals surface area contributed by atoms with Crippen molar-refractivity contribution >= 4 is 17.4 Å². The molecular weight excluding hydrogens is 346 g/mol. The second-order valence-electron chi connectivity index (χ2n) is 6.68. The molecule has 3 heterocycles. The molecule has 0 spiro atoms. The molecule has 1 fully saturated rings. The highest BCUT2D eigenvalue weighted by atomic mass is 32.1. The van der Waals surface area contributed by atoms with Crippen molar-refractivity contribution in [3.8, 4) is 0 Å². The first kappa shape index (κ1) is 16.9. The molecule has 0 bridgehead atoms. The van der Waals surface area contributed by atoms with Crippen molar-refractivity contribution in [3.05, 3.63) is 64.7 Å².